The highest BCUT2D eigenvalue weighted by Gasteiger charge is 2.33. The minimum atomic E-state index is -3.48. The summed E-state index contributed by atoms with van der Waals surface area (Å²) < 4.78 is 26.4. The van der Waals surface area contributed by atoms with Crippen LogP contribution in [-0.2, 0) is 10.0 Å². The van der Waals surface area contributed by atoms with E-state index in [0.717, 1.165) is 5.56 Å². The number of aliphatic hydroxyl groups is 1. The molecule has 6 heteroatoms. The number of hydrogen-bond donors (Lipinski definition) is 2. The summed E-state index contributed by atoms with van der Waals surface area (Å²) in [4.78, 5) is 0.265. The molecule has 1 aromatic carbocycles. The van der Waals surface area contributed by atoms with E-state index < -0.39 is 15.6 Å². The Morgan fingerprint density at radius 3 is 2.42 bits per heavy atom. The number of nitrogens with two attached hydrogens (primary N) is 1. The first-order chi connectivity index (χ1) is 8.72. The third-order valence-electron chi connectivity index (χ3n) is 3.68. The van der Waals surface area contributed by atoms with Crippen molar-refractivity contribution in [2.45, 2.75) is 37.2 Å². The van der Waals surface area contributed by atoms with Gasteiger partial charge in [-0.1, -0.05) is 0 Å². The molecule has 0 aromatic heterocycles. The van der Waals surface area contributed by atoms with E-state index in [0.29, 0.717) is 31.6 Å². The Morgan fingerprint density at radius 1 is 1.32 bits per heavy atom. The lowest BCUT2D eigenvalue weighted by Gasteiger charge is -2.35. The zero-order valence-electron chi connectivity index (χ0n) is 11.3. The Hall–Kier alpha value is -1.11. The van der Waals surface area contributed by atoms with Gasteiger partial charge in [-0.15, -0.1) is 0 Å². The maximum Gasteiger partial charge on any atom is 0.243 e. The van der Waals surface area contributed by atoms with Gasteiger partial charge in [0.15, 0.2) is 0 Å². The highest BCUT2D eigenvalue weighted by atomic mass is 32.2. The van der Waals surface area contributed by atoms with Crippen molar-refractivity contribution in [1.82, 2.24) is 4.31 Å². The second-order valence-corrected chi connectivity index (χ2v) is 7.36. The molecule has 1 aliphatic rings. The smallest absolute Gasteiger partial charge is 0.243 e. The van der Waals surface area contributed by atoms with Crippen LogP contribution in [0.2, 0.25) is 0 Å². The Labute approximate surface area is 114 Å². The Morgan fingerprint density at radius 2 is 1.89 bits per heavy atom. The minimum Gasteiger partial charge on any atom is -0.399 e. The van der Waals surface area contributed by atoms with E-state index in [9.17, 15) is 13.5 Å². The highest BCUT2D eigenvalue weighted by molar-refractivity contribution is 7.89. The fourth-order valence-corrected chi connectivity index (χ4v) is 3.69. The van der Waals surface area contributed by atoms with Crippen LogP contribution in [0.5, 0.6) is 0 Å². The molecule has 1 fully saturated rings. The van der Waals surface area contributed by atoms with Gasteiger partial charge >= 0.3 is 0 Å². The van der Waals surface area contributed by atoms with Crippen molar-refractivity contribution >= 4 is 15.7 Å². The molecular weight excluding hydrogens is 264 g/mol. The molecule has 1 saturated heterocycles. The Balaban J connectivity index is 2.25. The van der Waals surface area contributed by atoms with Crippen molar-refractivity contribution < 1.29 is 13.5 Å². The Kier molecular flexibility index (Phi) is 3.59. The van der Waals surface area contributed by atoms with E-state index in [4.69, 9.17) is 5.73 Å². The van der Waals surface area contributed by atoms with Crippen LogP contribution in [0.3, 0.4) is 0 Å². The molecule has 0 bridgehead atoms. The summed E-state index contributed by atoms with van der Waals surface area (Å²) in [6.07, 6.45) is 0.917. The van der Waals surface area contributed by atoms with Crippen LogP contribution in [0.1, 0.15) is 25.3 Å². The maximum atomic E-state index is 12.5. The zero-order valence-corrected chi connectivity index (χ0v) is 12.1. The summed E-state index contributed by atoms with van der Waals surface area (Å²) in [5.74, 6) is 0. The van der Waals surface area contributed by atoms with Crippen molar-refractivity contribution in [3.63, 3.8) is 0 Å². The van der Waals surface area contributed by atoms with Gasteiger partial charge in [0.05, 0.1) is 10.5 Å². The minimum absolute atomic E-state index is 0.265. The van der Waals surface area contributed by atoms with Gasteiger partial charge in [-0.2, -0.15) is 4.31 Å². The number of benzene rings is 1. The van der Waals surface area contributed by atoms with Gasteiger partial charge in [0.1, 0.15) is 0 Å². The maximum absolute atomic E-state index is 12.5. The molecule has 0 aliphatic carbocycles. The molecule has 1 aromatic rings. The van der Waals surface area contributed by atoms with Gasteiger partial charge in [-0.05, 0) is 50.5 Å². The number of nitrogen functional groups attached to an aromatic ring is 1. The van der Waals surface area contributed by atoms with Crippen LogP contribution in [0.15, 0.2) is 23.1 Å². The molecule has 0 radical (unpaired) electrons. The average Bonchev–Trinajstić information content (AvgIpc) is 2.32. The summed E-state index contributed by atoms with van der Waals surface area (Å²) in [6, 6.07) is 4.74. The van der Waals surface area contributed by atoms with Gasteiger partial charge < -0.3 is 10.8 Å². The quantitative estimate of drug-likeness (QED) is 0.797. The predicted octanol–water partition coefficient (Wildman–Crippen LogP) is 1.11. The van der Waals surface area contributed by atoms with Crippen LogP contribution in [0.4, 0.5) is 5.69 Å². The fourth-order valence-electron chi connectivity index (χ4n) is 2.17. The first-order valence-corrected chi connectivity index (χ1v) is 7.75. The summed E-state index contributed by atoms with van der Waals surface area (Å²) in [5, 5.41) is 9.87. The summed E-state index contributed by atoms with van der Waals surface area (Å²) in [6.45, 7) is 4.22. The third-order valence-corrected chi connectivity index (χ3v) is 5.57. The molecule has 2 rings (SSSR count). The number of sulfonamides is 1. The largest absolute Gasteiger partial charge is 0.399 e. The van der Waals surface area contributed by atoms with E-state index in [1.54, 1.807) is 26.0 Å². The van der Waals surface area contributed by atoms with Crippen molar-refractivity contribution in [2.24, 2.45) is 0 Å². The molecule has 0 saturated carbocycles. The lowest BCUT2D eigenvalue weighted by molar-refractivity contribution is 0.0126. The second-order valence-electron chi connectivity index (χ2n) is 5.42. The van der Waals surface area contributed by atoms with Gasteiger partial charge in [-0.3, -0.25) is 0 Å². The van der Waals surface area contributed by atoms with E-state index in [1.807, 2.05) is 0 Å². The number of piperidine rings is 1. The second kappa shape index (κ2) is 4.77. The lowest BCUT2D eigenvalue weighted by Crippen LogP contribution is -2.45. The Bertz CT molecular complexity index is 572. The van der Waals surface area contributed by atoms with E-state index >= 15 is 0 Å². The average molecular weight is 284 g/mol. The molecule has 0 amide bonds. The molecule has 1 heterocycles. The van der Waals surface area contributed by atoms with Crippen molar-refractivity contribution in [3.05, 3.63) is 23.8 Å². The highest BCUT2D eigenvalue weighted by Crippen LogP contribution is 2.27. The summed E-state index contributed by atoms with van der Waals surface area (Å²) >= 11 is 0. The van der Waals surface area contributed by atoms with E-state index in [2.05, 4.69) is 0 Å². The molecule has 106 valence electrons. The number of aryl methyl sites for hydroxylation is 1. The number of rotatable bonds is 2. The molecule has 0 spiro atoms. The van der Waals surface area contributed by atoms with Crippen LogP contribution in [-0.4, -0.2) is 36.5 Å². The standard InChI is InChI=1S/C13H20N2O3S/c1-10-9-11(3-4-12(10)14)19(17,18)15-7-5-13(2,16)6-8-15/h3-4,9,16H,5-8,14H2,1-2H3. The predicted molar refractivity (Wildman–Crippen MR) is 74.2 cm³/mol. The fraction of sp³-hybridized carbons (Fsp3) is 0.538. The molecule has 0 atom stereocenters. The molecule has 0 unspecified atom stereocenters. The molecular formula is C13H20N2O3S. The SMILES string of the molecule is Cc1cc(S(=O)(=O)N2CCC(C)(O)CC2)ccc1N. The molecule has 3 N–H and O–H groups in total. The third kappa shape index (κ3) is 2.91. The van der Waals surface area contributed by atoms with Crippen molar-refractivity contribution in [3.8, 4) is 0 Å². The monoisotopic (exact) mass is 284 g/mol. The van der Waals surface area contributed by atoms with Gasteiger partial charge in [0, 0.05) is 18.8 Å². The first-order valence-electron chi connectivity index (χ1n) is 6.31. The number of hydrogen-bond acceptors (Lipinski definition) is 4. The lowest BCUT2D eigenvalue weighted by atomic mass is 9.95. The molecule has 19 heavy (non-hydrogen) atoms. The normalized spacial score (nSPS) is 20.4. The van der Waals surface area contributed by atoms with Crippen molar-refractivity contribution in [1.29, 1.82) is 0 Å². The van der Waals surface area contributed by atoms with Gasteiger partial charge in [0.25, 0.3) is 0 Å². The molecule has 5 nitrogen and oxygen atoms in total. The van der Waals surface area contributed by atoms with Gasteiger partial charge in [0.2, 0.25) is 10.0 Å². The van der Waals surface area contributed by atoms with Crippen LogP contribution < -0.4 is 5.73 Å². The summed E-state index contributed by atoms with van der Waals surface area (Å²) in [5.41, 5.74) is 6.28. The van der Waals surface area contributed by atoms with E-state index in [1.165, 1.54) is 10.4 Å². The number of anilines is 1. The topological polar surface area (TPSA) is 83.6 Å². The molecule has 1 aliphatic heterocycles. The van der Waals surface area contributed by atoms with Gasteiger partial charge in [-0.25, -0.2) is 8.42 Å². The van der Waals surface area contributed by atoms with Crippen LogP contribution in [0, 0.1) is 6.92 Å². The number of nitrogens with zero attached hydrogens (tertiary/aromatic N) is 1. The van der Waals surface area contributed by atoms with Crippen molar-refractivity contribution in [2.75, 3.05) is 18.8 Å². The summed E-state index contributed by atoms with van der Waals surface area (Å²) in [7, 11) is -3.48. The first kappa shape index (κ1) is 14.3. The van der Waals surface area contributed by atoms with E-state index in [-0.39, 0.29) is 4.90 Å². The van der Waals surface area contributed by atoms with Crippen LogP contribution >= 0.6 is 0 Å². The van der Waals surface area contributed by atoms with Crippen LogP contribution in [0.25, 0.3) is 0 Å². The zero-order chi connectivity index (χ0) is 14.3.